The average Bonchev–Trinajstić information content (AvgIpc) is 2.59. The van der Waals surface area contributed by atoms with E-state index in [0.717, 1.165) is 6.54 Å². The summed E-state index contributed by atoms with van der Waals surface area (Å²) in [5.41, 5.74) is 1.75. The van der Waals surface area contributed by atoms with Gasteiger partial charge in [0.15, 0.2) is 0 Å². The van der Waals surface area contributed by atoms with Crippen molar-refractivity contribution in [2.24, 2.45) is 5.41 Å². The lowest BCUT2D eigenvalue weighted by Gasteiger charge is -2.44. The highest BCUT2D eigenvalue weighted by Gasteiger charge is 2.42. The Balaban J connectivity index is 2.37. The van der Waals surface area contributed by atoms with Gasteiger partial charge >= 0.3 is 0 Å². The Morgan fingerprint density at radius 1 is 1.28 bits per heavy atom. The number of rotatable bonds is 3. The summed E-state index contributed by atoms with van der Waals surface area (Å²) in [4.78, 5) is 6.21. The van der Waals surface area contributed by atoms with Crippen LogP contribution in [-0.2, 0) is 5.54 Å². The summed E-state index contributed by atoms with van der Waals surface area (Å²) in [6.07, 6.45) is 5.08. The SMILES string of the molecule is CCNC1(c2nc(C)c(C)s2)CCCC(C)(C)C1. The second-order valence-electron chi connectivity index (χ2n) is 6.47. The molecule has 1 N–H and O–H groups in total. The van der Waals surface area contributed by atoms with E-state index in [2.05, 4.69) is 39.9 Å². The van der Waals surface area contributed by atoms with Gasteiger partial charge < -0.3 is 5.32 Å². The zero-order valence-electron chi connectivity index (χ0n) is 12.4. The maximum absolute atomic E-state index is 4.85. The molecule has 1 aromatic heterocycles. The zero-order chi connectivity index (χ0) is 13.4. The molecule has 0 bridgehead atoms. The Bertz CT molecular complexity index is 399. The van der Waals surface area contributed by atoms with Crippen LogP contribution in [-0.4, -0.2) is 11.5 Å². The predicted octanol–water partition coefficient (Wildman–Crippen LogP) is 4.16. The van der Waals surface area contributed by atoms with Gasteiger partial charge in [-0.1, -0.05) is 27.2 Å². The maximum Gasteiger partial charge on any atom is 0.113 e. The van der Waals surface area contributed by atoms with Crippen molar-refractivity contribution in [1.29, 1.82) is 0 Å². The van der Waals surface area contributed by atoms with Crippen molar-refractivity contribution >= 4 is 11.3 Å². The molecule has 1 saturated carbocycles. The van der Waals surface area contributed by atoms with E-state index in [-0.39, 0.29) is 5.54 Å². The van der Waals surface area contributed by atoms with Crippen molar-refractivity contribution in [3.8, 4) is 0 Å². The van der Waals surface area contributed by atoms with Gasteiger partial charge in [0.05, 0.1) is 11.2 Å². The van der Waals surface area contributed by atoms with Gasteiger partial charge in [-0.05, 0) is 45.1 Å². The van der Waals surface area contributed by atoms with Gasteiger partial charge in [-0.3, -0.25) is 0 Å². The van der Waals surface area contributed by atoms with Gasteiger partial charge in [-0.25, -0.2) is 4.98 Å². The molecule has 1 atom stereocenters. The van der Waals surface area contributed by atoms with Gasteiger partial charge in [0.1, 0.15) is 5.01 Å². The molecule has 0 amide bonds. The fraction of sp³-hybridized carbons (Fsp3) is 0.800. The van der Waals surface area contributed by atoms with E-state index < -0.39 is 0 Å². The fourth-order valence-corrected chi connectivity index (χ4v) is 4.40. The Morgan fingerprint density at radius 2 is 2.00 bits per heavy atom. The summed E-state index contributed by atoms with van der Waals surface area (Å²) in [5.74, 6) is 0. The molecule has 0 spiro atoms. The van der Waals surface area contributed by atoms with Gasteiger partial charge in [0.25, 0.3) is 0 Å². The standard InChI is InChI=1S/C15H26N2S/c1-6-16-15(9-7-8-14(4,5)10-15)13-17-11(2)12(3)18-13/h16H,6-10H2,1-5H3. The number of nitrogens with one attached hydrogen (secondary N) is 1. The smallest absolute Gasteiger partial charge is 0.113 e. The monoisotopic (exact) mass is 266 g/mol. The Hall–Kier alpha value is -0.410. The normalized spacial score (nSPS) is 27.4. The van der Waals surface area contributed by atoms with Crippen molar-refractivity contribution in [2.75, 3.05) is 6.54 Å². The number of aryl methyl sites for hydroxylation is 2. The number of aromatic nitrogens is 1. The predicted molar refractivity (Wildman–Crippen MR) is 79.2 cm³/mol. The lowest BCUT2D eigenvalue weighted by molar-refractivity contribution is 0.119. The highest BCUT2D eigenvalue weighted by molar-refractivity contribution is 7.11. The largest absolute Gasteiger partial charge is 0.306 e. The molecular weight excluding hydrogens is 240 g/mol. The number of nitrogens with zero attached hydrogens (tertiary/aromatic N) is 1. The molecule has 0 radical (unpaired) electrons. The van der Waals surface area contributed by atoms with E-state index >= 15 is 0 Å². The Morgan fingerprint density at radius 3 is 2.50 bits per heavy atom. The summed E-state index contributed by atoms with van der Waals surface area (Å²) >= 11 is 1.89. The third kappa shape index (κ3) is 2.62. The third-order valence-electron chi connectivity index (χ3n) is 4.19. The van der Waals surface area contributed by atoms with E-state index in [4.69, 9.17) is 4.98 Å². The summed E-state index contributed by atoms with van der Waals surface area (Å²) in [6.45, 7) is 12.3. The van der Waals surface area contributed by atoms with Crippen LogP contribution in [0.2, 0.25) is 0 Å². The van der Waals surface area contributed by atoms with Gasteiger partial charge in [0, 0.05) is 4.88 Å². The Kier molecular flexibility index (Phi) is 3.84. The van der Waals surface area contributed by atoms with Gasteiger partial charge in [-0.15, -0.1) is 11.3 Å². The minimum absolute atomic E-state index is 0.125. The van der Waals surface area contributed by atoms with Crippen LogP contribution in [0.5, 0.6) is 0 Å². The van der Waals surface area contributed by atoms with Crippen molar-refractivity contribution in [3.63, 3.8) is 0 Å². The molecule has 0 saturated heterocycles. The second kappa shape index (κ2) is 4.93. The van der Waals surface area contributed by atoms with E-state index in [1.54, 1.807) is 0 Å². The molecule has 0 aliphatic heterocycles. The van der Waals surface area contributed by atoms with Crippen LogP contribution in [0.1, 0.15) is 62.0 Å². The van der Waals surface area contributed by atoms with Crippen LogP contribution in [0, 0.1) is 19.3 Å². The molecule has 1 heterocycles. The summed E-state index contributed by atoms with van der Waals surface area (Å²) in [7, 11) is 0. The van der Waals surface area contributed by atoms with E-state index in [1.807, 2.05) is 11.3 Å². The van der Waals surface area contributed by atoms with E-state index in [0.29, 0.717) is 5.41 Å². The second-order valence-corrected chi connectivity index (χ2v) is 7.67. The summed E-state index contributed by atoms with van der Waals surface area (Å²) < 4.78 is 0. The van der Waals surface area contributed by atoms with Crippen LogP contribution in [0.3, 0.4) is 0 Å². The first-order valence-corrected chi connectivity index (χ1v) is 7.90. The van der Waals surface area contributed by atoms with E-state index in [9.17, 15) is 0 Å². The lowest BCUT2D eigenvalue weighted by atomic mass is 9.68. The van der Waals surface area contributed by atoms with Gasteiger partial charge in [-0.2, -0.15) is 0 Å². The molecule has 2 rings (SSSR count). The fourth-order valence-electron chi connectivity index (χ4n) is 3.29. The summed E-state index contributed by atoms with van der Waals surface area (Å²) in [6, 6.07) is 0. The van der Waals surface area contributed by atoms with Crippen LogP contribution in [0.25, 0.3) is 0 Å². The molecule has 3 heteroatoms. The summed E-state index contributed by atoms with van der Waals surface area (Å²) in [5, 5.41) is 5.07. The molecule has 102 valence electrons. The molecule has 1 aromatic rings. The quantitative estimate of drug-likeness (QED) is 0.888. The molecule has 0 aromatic carbocycles. The Labute approximate surface area is 115 Å². The lowest BCUT2D eigenvalue weighted by Crippen LogP contribution is -2.48. The van der Waals surface area contributed by atoms with Crippen molar-refractivity contribution in [2.45, 2.75) is 65.8 Å². The first kappa shape index (κ1) is 14.0. The number of thiazole rings is 1. The van der Waals surface area contributed by atoms with Crippen LogP contribution in [0.4, 0.5) is 0 Å². The molecule has 1 fully saturated rings. The van der Waals surface area contributed by atoms with Crippen molar-refractivity contribution in [3.05, 3.63) is 15.6 Å². The molecule has 1 aliphatic carbocycles. The molecule has 2 nitrogen and oxygen atoms in total. The van der Waals surface area contributed by atoms with Crippen LogP contribution in [0.15, 0.2) is 0 Å². The molecular formula is C15H26N2S. The highest BCUT2D eigenvalue weighted by Crippen LogP contribution is 2.47. The minimum Gasteiger partial charge on any atom is -0.306 e. The first-order chi connectivity index (χ1) is 8.38. The number of hydrogen-bond donors (Lipinski definition) is 1. The molecule has 18 heavy (non-hydrogen) atoms. The zero-order valence-corrected chi connectivity index (χ0v) is 13.2. The number of hydrogen-bond acceptors (Lipinski definition) is 3. The maximum atomic E-state index is 4.85. The van der Waals surface area contributed by atoms with Crippen LogP contribution >= 0.6 is 11.3 Å². The van der Waals surface area contributed by atoms with Crippen molar-refractivity contribution in [1.82, 2.24) is 10.3 Å². The topological polar surface area (TPSA) is 24.9 Å². The van der Waals surface area contributed by atoms with Gasteiger partial charge in [0.2, 0.25) is 0 Å². The highest BCUT2D eigenvalue weighted by atomic mass is 32.1. The van der Waals surface area contributed by atoms with Crippen molar-refractivity contribution < 1.29 is 0 Å². The molecule has 1 unspecified atom stereocenters. The van der Waals surface area contributed by atoms with E-state index in [1.165, 1.54) is 41.3 Å². The minimum atomic E-state index is 0.125. The van der Waals surface area contributed by atoms with Crippen LogP contribution < -0.4 is 5.32 Å². The first-order valence-electron chi connectivity index (χ1n) is 7.08. The third-order valence-corrected chi connectivity index (χ3v) is 5.47. The molecule has 1 aliphatic rings. The average molecular weight is 266 g/mol.